The molecule has 4 aromatic rings. The van der Waals surface area contributed by atoms with Crippen LogP contribution in [-0.4, -0.2) is 26.4 Å². The number of nitrogens with zero attached hydrogens (tertiary/aromatic N) is 1. The number of carbonyl (C=O) groups excluding carboxylic acids is 1. The fourth-order valence-electron chi connectivity index (χ4n) is 3.05. The fourth-order valence-corrected chi connectivity index (χ4v) is 4.93. The monoisotopic (exact) mass is 453 g/mol. The Morgan fingerprint density at radius 3 is 2.52 bits per heavy atom. The second-order valence-corrected chi connectivity index (χ2v) is 9.61. The predicted octanol–water partition coefficient (Wildman–Crippen LogP) is 4.67. The summed E-state index contributed by atoms with van der Waals surface area (Å²) in [5.74, 6) is 0.116. The molecule has 4 rings (SSSR count). The molecule has 0 spiro atoms. The number of para-hydroxylation sites is 1. The maximum Gasteiger partial charge on any atom is 0.261 e. The average Bonchev–Trinajstić information content (AvgIpc) is 3.13. The molecule has 0 atom stereocenters. The Morgan fingerprint density at radius 2 is 1.77 bits per heavy atom. The highest BCUT2D eigenvalue weighted by Crippen LogP contribution is 2.26. The van der Waals surface area contributed by atoms with Gasteiger partial charge in [-0.1, -0.05) is 12.1 Å². The lowest BCUT2D eigenvalue weighted by Gasteiger charge is -2.13. The third-order valence-corrected chi connectivity index (χ3v) is 6.87. The van der Waals surface area contributed by atoms with Crippen LogP contribution in [0, 0.1) is 6.92 Å². The van der Waals surface area contributed by atoms with Crippen LogP contribution in [0.5, 0.6) is 5.75 Å². The molecule has 0 saturated carbocycles. The molecule has 0 radical (unpaired) electrons. The van der Waals surface area contributed by atoms with Crippen molar-refractivity contribution < 1.29 is 17.9 Å². The molecule has 0 unspecified atom stereocenters. The van der Waals surface area contributed by atoms with Gasteiger partial charge < -0.3 is 10.1 Å². The molecule has 1 amide bonds. The van der Waals surface area contributed by atoms with Gasteiger partial charge in [-0.3, -0.25) is 9.52 Å². The number of nitrogens with one attached hydrogen (secondary N) is 2. The summed E-state index contributed by atoms with van der Waals surface area (Å²) in [6.45, 7) is 1.92. The van der Waals surface area contributed by atoms with Crippen LogP contribution in [0.1, 0.15) is 15.4 Å². The maximum absolute atomic E-state index is 12.9. The number of amides is 1. The van der Waals surface area contributed by atoms with E-state index in [-0.39, 0.29) is 16.1 Å². The van der Waals surface area contributed by atoms with Crippen LogP contribution in [0.3, 0.4) is 0 Å². The average molecular weight is 454 g/mol. The molecule has 7 nitrogen and oxygen atoms in total. The molecular weight excluding hydrogens is 434 g/mol. The van der Waals surface area contributed by atoms with Crippen molar-refractivity contribution in [1.29, 1.82) is 0 Å². The number of sulfonamides is 1. The van der Waals surface area contributed by atoms with E-state index in [2.05, 4.69) is 15.0 Å². The van der Waals surface area contributed by atoms with Gasteiger partial charge in [0.2, 0.25) is 0 Å². The highest BCUT2D eigenvalue weighted by atomic mass is 32.2. The summed E-state index contributed by atoms with van der Waals surface area (Å²) in [6, 6.07) is 17.9. The van der Waals surface area contributed by atoms with Gasteiger partial charge in [-0.15, -0.1) is 11.3 Å². The normalized spacial score (nSPS) is 11.3. The number of fused-ring (bicyclic) bond motifs is 1. The predicted molar refractivity (Wildman–Crippen MR) is 123 cm³/mol. The number of hydrogen-bond acceptors (Lipinski definition) is 6. The lowest BCUT2D eigenvalue weighted by molar-refractivity contribution is 0.102. The standard InChI is InChI=1S/C22H19N3O4S2/c1-14-23-20-13-15(7-12-21(20)30-14)24-22(26)18-5-3-4-6-19(18)25-31(27,28)17-10-8-16(29-2)9-11-17/h3-13,25H,1-2H3,(H,24,26). The van der Waals surface area contributed by atoms with Crippen molar-refractivity contribution >= 4 is 48.9 Å². The minimum Gasteiger partial charge on any atom is -0.497 e. The molecule has 31 heavy (non-hydrogen) atoms. The minimum atomic E-state index is -3.89. The van der Waals surface area contributed by atoms with Gasteiger partial charge in [-0.05, 0) is 61.5 Å². The van der Waals surface area contributed by atoms with Crippen LogP contribution in [0.2, 0.25) is 0 Å². The van der Waals surface area contributed by atoms with Gasteiger partial charge in [-0.25, -0.2) is 13.4 Å². The Kier molecular flexibility index (Phi) is 5.62. The first kappa shape index (κ1) is 20.8. The van der Waals surface area contributed by atoms with E-state index < -0.39 is 15.9 Å². The lowest BCUT2D eigenvalue weighted by Crippen LogP contribution is -2.18. The molecule has 158 valence electrons. The summed E-state index contributed by atoms with van der Waals surface area (Å²) in [5, 5.41) is 3.76. The first-order chi connectivity index (χ1) is 14.9. The number of carbonyl (C=O) groups is 1. The zero-order valence-corrected chi connectivity index (χ0v) is 18.4. The van der Waals surface area contributed by atoms with E-state index in [9.17, 15) is 13.2 Å². The van der Waals surface area contributed by atoms with Gasteiger partial charge in [0.1, 0.15) is 5.75 Å². The number of methoxy groups -OCH3 is 1. The second-order valence-electron chi connectivity index (χ2n) is 6.70. The van der Waals surface area contributed by atoms with Crippen molar-refractivity contribution in [2.24, 2.45) is 0 Å². The van der Waals surface area contributed by atoms with E-state index >= 15 is 0 Å². The quantitative estimate of drug-likeness (QED) is 0.442. The van der Waals surface area contributed by atoms with Gasteiger partial charge in [0.05, 0.1) is 38.5 Å². The van der Waals surface area contributed by atoms with Gasteiger partial charge in [0.25, 0.3) is 15.9 Å². The third kappa shape index (κ3) is 4.52. The van der Waals surface area contributed by atoms with E-state index in [0.29, 0.717) is 11.4 Å². The van der Waals surface area contributed by atoms with Crippen molar-refractivity contribution in [2.75, 3.05) is 17.1 Å². The molecule has 0 aliphatic carbocycles. The molecule has 1 heterocycles. The fraction of sp³-hybridized carbons (Fsp3) is 0.0909. The number of hydrogen-bond donors (Lipinski definition) is 2. The highest BCUT2D eigenvalue weighted by Gasteiger charge is 2.19. The molecule has 0 aliphatic rings. The minimum absolute atomic E-state index is 0.0628. The van der Waals surface area contributed by atoms with E-state index in [4.69, 9.17) is 4.74 Å². The topological polar surface area (TPSA) is 97.4 Å². The molecular formula is C22H19N3O4S2. The summed E-state index contributed by atoms with van der Waals surface area (Å²) < 4.78 is 34.2. The Morgan fingerprint density at radius 1 is 1.03 bits per heavy atom. The maximum atomic E-state index is 12.9. The number of aryl methyl sites for hydroxylation is 1. The zero-order chi connectivity index (χ0) is 22.0. The van der Waals surface area contributed by atoms with Crippen LogP contribution >= 0.6 is 11.3 Å². The van der Waals surface area contributed by atoms with Crippen molar-refractivity contribution in [3.8, 4) is 5.75 Å². The van der Waals surface area contributed by atoms with Gasteiger partial charge >= 0.3 is 0 Å². The number of aromatic nitrogens is 1. The largest absolute Gasteiger partial charge is 0.497 e. The Labute approximate surface area is 183 Å². The van der Waals surface area contributed by atoms with Gasteiger partial charge in [0.15, 0.2) is 0 Å². The summed E-state index contributed by atoms with van der Waals surface area (Å²) in [7, 11) is -2.38. The van der Waals surface area contributed by atoms with Gasteiger partial charge in [-0.2, -0.15) is 0 Å². The SMILES string of the molecule is COc1ccc(S(=O)(=O)Nc2ccccc2C(=O)Nc2ccc3sc(C)nc3c2)cc1. The summed E-state index contributed by atoms with van der Waals surface area (Å²) in [4.78, 5) is 17.4. The van der Waals surface area contributed by atoms with Crippen LogP contribution in [-0.2, 0) is 10.0 Å². The van der Waals surface area contributed by atoms with Crippen LogP contribution < -0.4 is 14.8 Å². The number of benzene rings is 3. The van der Waals surface area contributed by atoms with Crippen LogP contribution in [0.4, 0.5) is 11.4 Å². The molecule has 0 aliphatic heterocycles. The van der Waals surface area contributed by atoms with Crippen molar-refractivity contribution in [3.63, 3.8) is 0 Å². The highest BCUT2D eigenvalue weighted by molar-refractivity contribution is 7.92. The summed E-state index contributed by atoms with van der Waals surface area (Å²) >= 11 is 1.58. The second kappa shape index (κ2) is 8.37. The molecule has 0 saturated heterocycles. The Bertz CT molecular complexity index is 1360. The smallest absolute Gasteiger partial charge is 0.261 e. The zero-order valence-electron chi connectivity index (χ0n) is 16.7. The Hall–Kier alpha value is -3.43. The third-order valence-electron chi connectivity index (χ3n) is 4.54. The van der Waals surface area contributed by atoms with E-state index in [1.54, 1.807) is 59.9 Å². The Balaban J connectivity index is 1.58. The van der Waals surface area contributed by atoms with Crippen molar-refractivity contribution in [2.45, 2.75) is 11.8 Å². The molecule has 0 fully saturated rings. The first-order valence-electron chi connectivity index (χ1n) is 9.30. The first-order valence-corrected chi connectivity index (χ1v) is 11.6. The van der Waals surface area contributed by atoms with Crippen LogP contribution in [0.25, 0.3) is 10.2 Å². The number of ether oxygens (including phenoxy) is 1. The summed E-state index contributed by atoms with van der Waals surface area (Å²) in [6.07, 6.45) is 0. The van der Waals surface area contributed by atoms with E-state index in [1.165, 1.54) is 19.2 Å². The molecule has 0 bridgehead atoms. The lowest BCUT2D eigenvalue weighted by atomic mass is 10.1. The molecule has 1 aromatic heterocycles. The van der Waals surface area contributed by atoms with Crippen LogP contribution in [0.15, 0.2) is 71.6 Å². The molecule has 9 heteroatoms. The van der Waals surface area contributed by atoms with E-state index in [0.717, 1.165) is 15.2 Å². The molecule has 2 N–H and O–H groups in total. The number of anilines is 2. The van der Waals surface area contributed by atoms with Crippen molar-refractivity contribution in [1.82, 2.24) is 4.98 Å². The number of rotatable bonds is 6. The van der Waals surface area contributed by atoms with Crippen molar-refractivity contribution in [3.05, 3.63) is 77.3 Å². The molecule has 3 aromatic carbocycles. The summed E-state index contributed by atoms with van der Waals surface area (Å²) in [5.41, 5.74) is 1.76. The number of thiazole rings is 1. The van der Waals surface area contributed by atoms with Gasteiger partial charge in [0, 0.05) is 5.69 Å². The van der Waals surface area contributed by atoms with E-state index in [1.807, 2.05) is 13.0 Å².